The fourth-order valence-corrected chi connectivity index (χ4v) is 2.91. The van der Waals surface area contributed by atoms with Gasteiger partial charge in [0.2, 0.25) is 0 Å². The molecule has 1 unspecified atom stereocenters. The molecule has 0 fully saturated rings. The third-order valence-corrected chi connectivity index (χ3v) is 4.16. The van der Waals surface area contributed by atoms with Gasteiger partial charge in [-0.2, -0.15) is 0 Å². The Labute approximate surface area is 137 Å². The van der Waals surface area contributed by atoms with Crippen LogP contribution in [0.5, 0.6) is 0 Å². The Morgan fingerprint density at radius 3 is 2.09 bits per heavy atom. The monoisotopic (exact) mass is 303 g/mol. The molecule has 0 radical (unpaired) electrons. The van der Waals surface area contributed by atoms with Crippen molar-refractivity contribution in [2.75, 3.05) is 0 Å². The van der Waals surface area contributed by atoms with Crippen molar-refractivity contribution < 1.29 is 5.11 Å². The fourth-order valence-electron chi connectivity index (χ4n) is 2.91. The molecule has 1 heterocycles. The van der Waals surface area contributed by atoms with Crippen LogP contribution in [0.3, 0.4) is 0 Å². The second kappa shape index (κ2) is 7.70. The molecule has 0 aliphatic rings. The highest BCUT2D eigenvalue weighted by Crippen LogP contribution is 2.25. The number of hydrogen-bond donors (Lipinski definition) is 1. The van der Waals surface area contributed by atoms with Crippen LogP contribution >= 0.6 is 0 Å². The first-order chi connectivity index (χ1) is 11.3. The van der Waals surface area contributed by atoms with Crippen molar-refractivity contribution in [3.05, 3.63) is 101 Å². The molecule has 0 aliphatic heterocycles. The van der Waals surface area contributed by atoms with E-state index in [0.717, 1.165) is 18.4 Å². The van der Waals surface area contributed by atoms with Gasteiger partial charge in [0.25, 0.3) is 0 Å². The van der Waals surface area contributed by atoms with Crippen molar-refractivity contribution in [1.29, 1.82) is 0 Å². The molecule has 23 heavy (non-hydrogen) atoms. The number of aliphatic hydroxyl groups excluding tert-OH is 1. The van der Waals surface area contributed by atoms with Gasteiger partial charge in [0.05, 0.1) is 6.61 Å². The maximum absolute atomic E-state index is 9.23. The van der Waals surface area contributed by atoms with E-state index < -0.39 is 0 Å². The minimum atomic E-state index is 0.0895. The molecule has 3 aromatic rings. The number of benzene rings is 2. The van der Waals surface area contributed by atoms with E-state index >= 15 is 0 Å². The van der Waals surface area contributed by atoms with Gasteiger partial charge >= 0.3 is 0 Å². The normalized spacial score (nSPS) is 12.0. The van der Waals surface area contributed by atoms with Crippen LogP contribution in [0.25, 0.3) is 0 Å². The molecule has 0 bridgehead atoms. The Morgan fingerprint density at radius 1 is 0.739 bits per heavy atom. The molecule has 2 nitrogen and oxygen atoms in total. The third-order valence-electron chi connectivity index (χ3n) is 4.16. The minimum Gasteiger partial charge on any atom is -0.392 e. The third kappa shape index (κ3) is 4.27. The van der Waals surface area contributed by atoms with Crippen molar-refractivity contribution in [2.45, 2.75) is 25.4 Å². The Morgan fingerprint density at radius 2 is 1.43 bits per heavy atom. The second-order valence-corrected chi connectivity index (χ2v) is 5.85. The van der Waals surface area contributed by atoms with E-state index in [1.807, 2.05) is 30.6 Å². The maximum Gasteiger partial charge on any atom is 0.0681 e. The van der Waals surface area contributed by atoms with E-state index in [-0.39, 0.29) is 6.61 Å². The van der Waals surface area contributed by atoms with Gasteiger partial charge in [0, 0.05) is 12.4 Å². The molecule has 3 rings (SSSR count). The van der Waals surface area contributed by atoms with Crippen molar-refractivity contribution in [3.8, 4) is 0 Å². The smallest absolute Gasteiger partial charge is 0.0681 e. The zero-order valence-electron chi connectivity index (χ0n) is 13.1. The summed E-state index contributed by atoms with van der Waals surface area (Å²) in [5.74, 6) is 0.398. The number of hydrogen-bond acceptors (Lipinski definition) is 2. The van der Waals surface area contributed by atoms with Crippen LogP contribution in [0.1, 0.15) is 28.2 Å². The maximum atomic E-state index is 9.23. The summed E-state index contributed by atoms with van der Waals surface area (Å²) in [5, 5.41) is 9.23. The number of nitrogens with zero attached hydrogens (tertiary/aromatic N) is 1. The van der Waals surface area contributed by atoms with Gasteiger partial charge in [-0.25, -0.2) is 0 Å². The lowest BCUT2D eigenvalue weighted by molar-refractivity contribution is 0.282. The van der Waals surface area contributed by atoms with Gasteiger partial charge in [-0.1, -0.05) is 60.7 Å². The Kier molecular flexibility index (Phi) is 5.17. The van der Waals surface area contributed by atoms with E-state index in [1.54, 1.807) is 0 Å². The van der Waals surface area contributed by atoms with Crippen LogP contribution < -0.4 is 0 Å². The summed E-state index contributed by atoms with van der Waals surface area (Å²) < 4.78 is 0. The van der Waals surface area contributed by atoms with Crippen molar-refractivity contribution in [1.82, 2.24) is 4.98 Å². The van der Waals surface area contributed by atoms with Crippen LogP contribution in [-0.4, -0.2) is 10.1 Å². The quantitative estimate of drug-likeness (QED) is 0.742. The van der Waals surface area contributed by atoms with Gasteiger partial charge in [-0.15, -0.1) is 0 Å². The first-order valence-corrected chi connectivity index (χ1v) is 7.97. The molecule has 2 heteroatoms. The molecular weight excluding hydrogens is 282 g/mol. The molecule has 0 aliphatic carbocycles. The summed E-state index contributed by atoms with van der Waals surface area (Å²) in [4.78, 5) is 4.23. The Balaban J connectivity index is 1.85. The molecule has 0 saturated carbocycles. The summed E-state index contributed by atoms with van der Waals surface area (Å²) in [7, 11) is 0. The van der Waals surface area contributed by atoms with E-state index in [4.69, 9.17) is 0 Å². The van der Waals surface area contributed by atoms with Crippen molar-refractivity contribution in [3.63, 3.8) is 0 Å². The molecule has 2 aromatic carbocycles. The molecule has 0 saturated heterocycles. The fraction of sp³-hybridized carbons (Fsp3) is 0.190. The van der Waals surface area contributed by atoms with E-state index in [2.05, 4.69) is 53.5 Å². The van der Waals surface area contributed by atoms with Crippen LogP contribution in [0.15, 0.2) is 79.1 Å². The highest BCUT2D eigenvalue weighted by Gasteiger charge is 2.13. The van der Waals surface area contributed by atoms with Crippen molar-refractivity contribution >= 4 is 0 Å². The highest BCUT2D eigenvalue weighted by molar-refractivity contribution is 5.29. The minimum absolute atomic E-state index is 0.0895. The molecule has 0 spiro atoms. The largest absolute Gasteiger partial charge is 0.392 e. The summed E-state index contributed by atoms with van der Waals surface area (Å²) in [6.07, 6.45) is 5.71. The number of rotatable bonds is 6. The predicted molar refractivity (Wildman–Crippen MR) is 93.2 cm³/mol. The standard InChI is InChI=1S/C21H21NO/c23-16-18-8-10-20(11-9-18)21(13-17-5-2-1-3-6-17)14-19-7-4-12-22-15-19/h1-12,15,21,23H,13-14,16H2. The van der Waals surface area contributed by atoms with Gasteiger partial charge < -0.3 is 5.11 Å². The summed E-state index contributed by atoms with van der Waals surface area (Å²) >= 11 is 0. The lowest BCUT2D eigenvalue weighted by atomic mass is 9.87. The SMILES string of the molecule is OCc1ccc(C(Cc2ccccc2)Cc2cccnc2)cc1. The van der Waals surface area contributed by atoms with E-state index in [0.29, 0.717) is 5.92 Å². The molecular formula is C21H21NO. The molecule has 0 amide bonds. The zero-order chi connectivity index (χ0) is 15.9. The highest BCUT2D eigenvalue weighted by atomic mass is 16.3. The summed E-state index contributed by atoms with van der Waals surface area (Å²) in [5.41, 5.74) is 4.84. The molecule has 1 aromatic heterocycles. The van der Waals surface area contributed by atoms with Gasteiger partial charge in [-0.05, 0) is 47.1 Å². The van der Waals surface area contributed by atoms with E-state index in [9.17, 15) is 5.11 Å². The zero-order valence-corrected chi connectivity index (χ0v) is 13.1. The van der Waals surface area contributed by atoms with Crippen molar-refractivity contribution in [2.24, 2.45) is 0 Å². The summed E-state index contributed by atoms with van der Waals surface area (Å²) in [6, 6.07) is 23.0. The number of aliphatic hydroxyl groups is 1. The molecule has 1 atom stereocenters. The van der Waals surface area contributed by atoms with Crippen LogP contribution in [0.4, 0.5) is 0 Å². The van der Waals surface area contributed by atoms with E-state index in [1.165, 1.54) is 16.7 Å². The average molecular weight is 303 g/mol. The van der Waals surface area contributed by atoms with Gasteiger partial charge in [0.1, 0.15) is 0 Å². The van der Waals surface area contributed by atoms with Gasteiger partial charge in [-0.3, -0.25) is 4.98 Å². The first kappa shape index (κ1) is 15.4. The number of aromatic nitrogens is 1. The molecule has 1 N–H and O–H groups in total. The van der Waals surface area contributed by atoms with Crippen LogP contribution in [-0.2, 0) is 19.4 Å². The lowest BCUT2D eigenvalue weighted by Gasteiger charge is -2.18. The lowest BCUT2D eigenvalue weighted by Crippen LogP contribution is -2.07. The van der Waals surface area contributed by atoms with Crippen LogP contribution in [0.2, 0.25) is 0 Å². The Hall–Kier alpha value is -2.45. The summed E-state index contributed by atoms with van der Waals surface area (Å²) in [6.45, 7) is 0.0895. The number of pyridine rings is 1. The van der Waals surface area contributed by atoms with Crippen LogP contribution in [0, 0.1) is 0 Å². The average Bonchev–Trinajstić information content (AvgIpc) is 2.63. The molecule has 116 valence electrons. The first-order valence-electron chi connectivity index (χ1n) is 7.97. The second-order valence-electron chi connectivity index (χ2n) is 5.85. The topological polar surface area (TPSA) is 33.1 Å². The Bertz CT molecular complexity index is 666. The van der Waals surface area contributed by atoms with Gasteiger partial charge in [0.15, 0.2) is 0 Å². The predicted octanol–water partition coefficient (Wildman–Crippen LogP) is 4.14.